The summed E-state index contributed by atoms with van der Waals surface area (Å²) in [5, 5.41) is 37.3. The van der Waals surface area contributed by atoms with Crippen LogP contribution in [-0.4, -0.2) is 80.3 Å². The highest BCUT2D eigenvalue weighted by Crippen LogP contribution is 2.47. The minimum atomic E-state index is -1.99. The molecule has 0 unspecified atom stereocenters. The lowest BCUT2D eigenvalue weighted by atomic mass is 9.78. The predicted octanol–water partition coefficient (Wildman–Crippen LogP) is 5.73. The summed E-state index contributed by atoms with van der Waals surface area (Å²) in [6.07, 6.45) is 3.76. The molecular formula is C43H49N3O11. The van der Waals surface area contributed by atoms with Gasteiger partial charge in [-0.1, -0.05) is 58.1 Å². The topological polar surface area (TPSA) is 207 Å². The molecule has 3 heterocycles. The SMILES string of the molecule is CO[C@H]1/C=C\O[C@@]2(C)Oc3c(C)c(=O)c4c(O)c(c5[nH]c6ccccc6nc5c4c3C2=O)NC(=O)/C(C)=C/C=C/[C@H](C)[C@H](O)[C@@H](C)[C@@H](O)[C@@H](C)[C@H](OC(C)=O)[C@@H]1C. The summed E-state index contributed by atoms with van der Waals surface area (Å²) in [5.74, 6) is -6.89. The zero-order valence-corrected chi connectivity index (χ0v) is 33.4. The Morgan fingerprint density at radius 3 is 2.35 bits per heavy atom. The molecule has 9 atom stereocenters. The molecule has 14 nitrogen and oxygen atoms in total. The summed E-state index contributed by atoms with van der Waals surface area (Å²) in [6.45, 7) is 12.6. The number of hydrogen-bond acceptors (Lipinski definition) is 12. The second-order valence-electron chi connectivity index (χ2n) is 15.3. The van der Waals surface area contributed by atoms with Gasteiger partial charge >= 0.3 is 11.8 Å². The van der Waals surface area contributed by atoms with Gasteiger partial charge in [0.05, 0.1) is 57.6 Å². The number of anilines is 1. The van der Waals surface area contributed by atoms with Crippen molar-refractivity contribution in [1.29, 1.82) is 0 Å². The molecule has 0 saturated heterocycles. The molecule has 302 valence electrons. The first-order valence-electron chi connectivity index (χ1n) is 18.9. The fourth-order valence-electron chi connectivity index (χ4n) is 7.87. The lowest BCUT2D eigenvalue weighted by Gasteiger charge is -2.38. The number of nitrogens with zero attached hydrogens (tertiary/aromatic N) is 1. The molecule has 0 radical (unpaired) electrons. The van der Waals surface area contributed by atoms with Gasteiger partial charge in [-0.15, -0.1) is 0 Å². The number of aromatic nitrogens is 2. The molecule has 14 heteroatoms. The monoisotopic (exact) mass is 783 g/mol. The molecule has 5 N–H and O–H groups in total. The van der Waals surface area contributed by atoms with Gasteiger partial charge in [0.1, 0.15) is 17.5 Å². The Kier molecular flexibility index (Phi) is 11.4. The van der Waals surface area contributed by atoms with Gasteiger partial charge in [-0.25, -0.2) is 4.98 Å². The van der Waals surface area contributed by atoms with Crippen LogP contribution in [0.1, 0.15) is 64.4 Å². The molecule has 0 saturated carbocycles. The number of hydrogen-bond donors (Lipinski definition) is 5. The maximum absolute atomic E-state index is 14.5. The van der Waals surface area contributed by atoms with Crippen LogP contribution in [0.2, 0.25) is 0 Å². The maximum atomic E-state index is 14.5. The van der Waals surface area contributed by atoms with E-state index in [1.54, 1.807) is 71.0 Å². The van der Waals surface area contributed by atoms with Gasteiger partial charge in [0, 0.05) is 61.2 Å². The highest BCUT2D eigenvalue weighted by atomic mass is 16.7. The van der Waals surface area contributed by atoms with E-state index in [9.17, 15) is 34.5 Å². The van der Waals surface area contributed by atoms with Crippen LogP contribution >= 0.6 is 0 Å². The molecule has 4 aromatic rings. The highest BCUT2D eigenvalue weighted by Gasteiger charge is 2.49. The second-order valence-corrected chi connectivity index (χ2v) is 15.3. The van der Waals surface area contributed by atoms with Gasteiger partial charge in [0.2, 0.25) is 0 Å². The van der Waals surface area contributed by atoms with Gasteiger partial charge in [0.25, 0.3) is 11.7 Å². The molecule has 6 rings (SSSR count). The summed E-state index contributed by atoms with van der Waals surface area (Å²) < 4.78 is 23.7. The first kappa shape index (κ1) is 41.1. The van der Waals surface area contributed by atoms with Crippen molar-refractivity contribution in [1.82, 2.24) is 9.97 Å². The molecule has 0 spiro atoms. The molecule has 4 bridgehead atoms. The second kappa shape index (κ2) is 15.8. The van der Waals surface area contributed by atoms with Crippen molar-refractivity contribution in [3.63, 3.8) is 0 Å². The Hall–Kier alpha value is -5.57. The number of ketones is 1. The number of nitrogens with one attached hydrogen (secondary N) is 2. The van der Waals surface area contributed by atoms with Crippen LogP contribution in [0, 0.1) is 30.6 Å². The number of fused-ring (bicyclic) bond motifs is 2. The van der Waals surface area contributed by atoms with Crippen LogP contribution in [-0.2, 0) is 23.8 Å². The molecule has 3 aromatic carbocycles. The van der Waals surface area contributed by atoms with Gasteiger partial charge in [-0.3, -0.25) is 19.2 Å². The third-order valence-corrected chi connectivity index (χ3v) is 11.4. The summed E-state index contributed by atoms with van der Waals surface area (Å²) in [5.41, 5.74) is 0.736. The van der Waals surface area contributed by atoms with Crippen LogP contribution in [0.25, 0.3) is 32.8 Å². The van der Waals surface area contributed by atoms with Crippen LogP contribution in [0.3, 0.4) is 0 Å². The normalized spacial score (nSPS) is 30.8. The molecule has 1 amide bonds. The number of H-pyrrole nitrogens is 1. The van der Waals surface area contributed by atoms with Crippen LogP contribution in [0.5, 0.6) is 11.5 Å². The summed E-state index contributed by atoms with van der Waals surface area (Å²) >= 11 is 0. The molecule has 57 heavy (non-hydrogen) atoms. The molecule has 2 aliphatic rings. The Balaban J connectivity index is 1.58. The van der Waals surface area contributed by atoms with Crippen LogP contribution < -0.4 is 15.5 Å². The Bertz CT molecular complexity index is 2430. The van der Waals surface area contributed by atoms with E-state index in [1.165, 1.54) is 46.3 Å². The van der Waals surface area contributed by atoms with Gasteiger partial charge in [0.15, 0.2) is 11.2 Å². The number of aliphatic hydroxyl groups excluding tert-OH is 2. The fourth-order valence-corrected chi connectivity index (χ4v) is 7.87. The number of phenols is 1. The number of methoxy groups -OCH3 is 1. The van der Waals surface area contributed by atoms with E-state index in [0.717, 1.165) is 0 Å². The third kappa shape index (κ3) is 7.28. The number of rotatable bonds is 2. The number of carbonyl (C=O) groups excluding carboxylic acids is 3. The average Bonchev–Trinajstić information content (AvgIpc) is 3.45. The standard InChI is InChI=1S/C43H49N3O11/c1-19-13-12-14-20(2)42(53)46-34-33-32(44-26-15-10-11-16-27(26)45-33)29-30(38(34)51)37(50)24(6)40-31(29)41(52)43(8,57-40)55-18-17-28(54-9)21(3)39(56-25(7)47)23(5)36(49)22(4)35(19)48/h10-19,21-23,28,35-36,39,45,48-49,51H,1-9H3,(H,46,53)/b13-12+,18-17-,20-14+/t19-,21+,22+,23+,28-,35-,36+,39+,43-/m0/s1. The molecule has 1 aromatic heterocycles. The zero-order chi connectivity index (χ0) is 41.7. The van der Waals surface area contributed by atoms with Gasteiger partial charge in [-0.05, 0) is 32.1 Å². The lowest BCUT2D eigenvalue weighted by Crippen LogP contribution is -2.46. The van der Waals surface area contributed by atoms with E-state index in [1.807, 2.05) is 0 Å². The van der Waals surface area contributed by atoms with E-state index in [4.69, 9.17) is 23.9 Å². The number of para-hydroxylation sites is 2. The average molecular weight is 784 g/mol. The molecular weight excluding hydrogens is 734 g/mol. The first-order chi connectivity index (χ1) is 26.9. The van der Waals surface area contributed by atoms with E-state index >= 15 is 0 Å². The number of phenolic OH excluding ortho intramolecular Hbond substituents is 1. The van der Waals surface area contributed by atoms with Crippen molar-refractivity contribution in [2.45, 2.75) is 85.6 Å². The Labute approximate surface area is 329 Å². The van der Waals surface area contributed by atoms with Crippen LogP contribution in [0.15, 0.2) is 65.2 Å². The summed E-state index contributed by atoms with van der Waals surface area (Å²) in [6, 6.07) is 7.05. The lowest BCUT2D eigenvalue weighted by molar-refractivity contribution is -0.160. The smallest absolute Gasteiger partial charge is 0.312 e. The Morgan fingerprint density at radius 2 is 1.67 bits per heavy atom. The van der Waals surface area contributed by atoms with E-state index in [-0.39, 0.29) is 49.9 Å². The van der Waals surface area contributed by atoms with Crippen molar-refractivity contribution in [3.8, 4) is 11.5 Å². The predicted molar refractivity (Wildman–Crippen MR) is 214 cm³/mol. The summed E-state index contributed by atoms with van der Waals surface area (Å²) in [4.78, 5) is 62.8. The number of aromatic amines is 1. The van der Waals surface area contributed by atoms with E-state index in [2.05, 4.69) is 10.3 Å². The van der Waals surface area contributed by atoms with Crippen molar-refractivity contribution in [2.75, 3.05) is 12.4 Å². The largest absolute Gasteiger partial charge is 0.505 e. The zero-order valence-electron chi connectivity index (χ0n) is 33.4. The number of amides is 1. The van der Waals surface area contributed by atoms with Gasteiger partial charge < -0.3 is 44.6 Å². The quantitative estimate of drug-likeness (QED) is 0.0715. The van der Waals surface area contributed by atoms with Crippen molar-refractivity contribution in [3.05, 3.63) is 81.8 Å². The molecule has 2 aliphatic heterocycles. The maximum Gasteiger partial charge on any atom is 0.312 e. The van der Waals surface area contributed by atoms with Crippen molar-refractivity contribution < 1.29 is 48.7 Å². The number of Topliss-reactive ketones (excluding diaryl/α,β-unsaturated/α-hetero) is 1. The first-order valence-corrected chi connectivity index (χ1v) is 18.9. The van der Waals surface area contributed by atoms with E-state index in [0.29, 0.717) is 11.0 Å². The number of allylic oxidation sites excluding steroid dienone is 2. The number of carbonyl (C=O) groups is 3. The number of esters is 1. The Morgan fingerprint density at radius 1 is 0.965 bits per heavy atom. The molecule has 0 fully saturated rings. The van der Waals surface area contributed by atoms with Crippen molar-refractivity contribution >= 4 is 56.2 Å². The summed E-state index contributed by atoms with van der Waals surface area (Å²) in [7, 11) is 1.45. The third-order valence-electron chi connectivity index (χ3n) is 11.4. The van der Waals surface area contributed by atoms with Crippen LogP contribution in [0.4, 0.5) is 5.69 Å². The number of aliphatic hydroxyl groups is 2. The van der Waals surface area contributed by atoms with Crippen molar-refractivity contribution in [2.24, 2.45) is 23.7 Å². The molecule has 0 aliphatic carbocycles. The number of ether oxygens (including phenoxy) is 4. The number of benzene rings is 3. The fraction of sp³-hybridized carbons (Fsp3) is 0.419. The van der Waals surface area contributed by atoms with Gasteiger partial charge in [-0.2, -0.15) is 0 Å². The minimum Gasteiger partial charge on any atom is -0.505 e. The van der Waals surface area contributed by atoms with E-state index < -0.39 is 82.7 Å². The number of aromatic hydroxyl groups is 1. The minimum absolute atomic E-state index is 0.0148. The highest BCUT2D eigenvalue weighted by molar-refractivity contribution is 6.27.